The monoisotopic (exact) mass is 458 g/mol. The van der Waals surface area contributed by atoms with E-state index in [4.69, 9.17) is 9.47 Å². The zero-order chi connectivity index (χ0) is 24.0. The number of ether oxygens (including phenoxy) is 2. The molecule has 0 radical (unpaired) electrons. The summed E-state index contributed by atoms with van der Waals surface area (Å²) >= 11 is 0. The van der Waals surface area contributed by atoms with Gasteiger partial charge in [0, 0.05) is 44.7 Å². The molecule has 178 valence electrons. The van der Waals surface area contributed by atoms with Crippen molar-refractivity contribution in [3.63, 3.8) is 0 Å². The summed E-state index contributed by atoms with van der Waals surface area (Å²) in [7, 11) is 3.36. The van der Waals surface area contributed by atoms with Crippen LogP contribution in [0.15, 0.2) is 42.5 Å². The molecule has 3 rings (SSSR count). The molecule has 0 spiro atoms. The summed E-state index contributed by atoms with van der Waals surface area (Å²) < 4.78 is 24.9. The van der Waals surface area contributed by atoms with E-state index < -0.39 is 11.8 Å². The first-order valence-electron chi connectivity index (χ1n) is 10.9. The smallest absolute Gasteiger partial charge is 0.323 e. The van der Waals surface area contributed by atoms with E-state index in [2.05, 4.69) is 22.9 Å². The second-order valence-corrected chi connectivity index (χ2v) is 8.36. The number of carbonyl (C=O) groups excluding carboxylic acids is 2. The molecule has 9 heteroatoms. The maximum atomic E-state index is 13.4. The van der Waals surface area contributed by atoms with Crippen molar-refractivity contribution in [3.05, 3.63) is 53.8 Å². The Hall–Kier alpha value is -3.17. The van der Waals surface area contributed by atoms with Gasteiger partial charge in [-0.05, 0) is 49.2 Å². The van der Waals surface area contributed by atoms with Crippen LogP contribution in [0.3, 0.4) is 0 Å². The Morgan fingerprint density at radius 2 is 1.91 bits per heavy atom. The molecule has 2 aromatic rings. The van der Waals surface area contributed by atoms with Gasteiger partial charge in [0.15, 0.2) is 0 Å². The first-order valence-corrected chi connectivity index (χ1v) is 10.9. The van der Waals surface area contributed by atoms with Crippen LogP contribution in [0.25, 0.3) is 0 Å². The summed E-state index contributed by atoms with van der Waals surface area (Å²) in [5.41, 5.74) is 1.05. The van der Waals surface area contributed by atoms with Gasteiger partial charge in [-0.15, -0.1) is 0 Å². The van der Waals surface area contributed by atoms with Gasteiger partial charge in [0.05, 0.1) is 11.7 Å². The highest BCUT2D eigenvalue weighted by Crippen LogP contribution is 2.26. The standard InChI is InChI=1S/C24H31FN4O4/c1-15-12-26-16(2)14-33-21-9-8-19(11-20(21)23(30)29(3)13-22(15)32-4)28-24(31)27-18-7-5-6-17(25)10-18/h5-11,15-16,22,26H,12-14H2,1-4H3,(H2,27,28,31)/t15-,16+,22-/m1/s1. The molecule has 3 amide bonds. The molecule has 0 bridgehead atoms. The van der Waals surface area contributed by atoms with Crippen LogP contribution in [0.1, 0.15) is 24.2 Å². The molecular formula is C24H31FN4O4. The Labute approximate surface area is 193 Å². The normalized spacial score (nSPS) is 21.8. The van der Waals surface area contributed by atoms with Gasteiger partial charge >= 0.3 is 6.03 Å². The molecular weight excluding hydrogens is 427 g/mol. The lowest BCUT2D eigenvalue weighted by molar-refractivity contribution is 0.0281. The Morgan fingerprint density at radius 1 is 1.18 bits per heavy atom. The number of likely N-dealkylation sites (N-methyl/N-ethyl adjacent to an activating group) is 1. The van der Waals surface area contributed by atoms with E-state index in [1.54, 1.807) is 43.3 Å². The predicted octanol–water partition coefficient (Wildman–Crippen LogP) is 3.56. The van der Waals surface area contributed by atoms with Crippen LogP contribution in [-0.2, 0) is 4.74 Å². The molecule has 0 fully saturated rings. The minimum atomic E-state index is -0.554. The molecule has 1 aliphatic rings. The lowest BCUT2D eigenvalue weighted by atomic mass is 10.0. The SMILES string of the molecule is CO[C@@H]1CN(C)C(=O)c2cc(NC(=O)Nc3cccc(F)c3)ccc2OC[C@H](C)NC[C@H]1C. The molecule has 0 aromatic heterocycles. The third kappa shape index (κ3) is 6.66. The number of hydrogen-bond donors (Lipinski definition) is 3. The predicted molar refractivity (Wildman–Crippen MR) is 125 cm³/mol. The fraction of sp³-hybridized carbons (Fsp3) is 0.417. The van der Waals surface area contributed by atoms with Crippen LogP contribution < -0.4 is 20.7 Å². The lowest BCUT2D eigenvalue weighted by Crippen LogP contribution is -2.44. The van der Waals surface area contributed by atoms with Crippen LogP contribution in [0.4, 0.5) is 20.6 Å². The summed E-state index contributed by atoms with van der Waals surface area (Å²) in [5, 5.41) is 8.69. The van der Waals surface area contributed by atoms with Gasteiger partial charge in [-0.3, -0.25) is 4.79 Å². The number of halogens is 1. The van der Waals surface area contributed by atoms with Gasteiger partial charge in [-0.1, -0.05) is 13.0 Å². The van der Waals surface area contributed by atoms with Crippen LogP contribution >= 0.6 is 0 Å². The van der Waals surface area contributed by atoms with E-state index in [1.807, 2.05) is 6.92 Å². The van der Waals surface area contributed by atoms with E-state index in [0.29, 0.717) is 35.8 Å². The second kappa shape index (κ2) is 11.1. The third-order valence-corrected chi connectivity index (χ3v) is 5.57. The minimum Gasteiger partial charge on any atom is -0.491 e. The number of fused-ring (bicyclic) bond motifs is 1. The Bertz CT molecular complexity index is 987. The number of rotatable bonds is 3. The number of carbonyl (C=O) groups is 2. The summed E-state index contributed by atoms with van der Waals surface area (Å²) in [6, 6.07) is 10.00. The summed E-state index contributed by atoms with van der Waals surface area (Å²) in [6.45, 7) is 5.61. The van der Waals surface area contributed by atoms with Crippen LogP contribution in [0.5, 0.6) is 5.75 Å². The molecule has 8 nitrogen and oxygen atoms in total. The van der Waals surface area contributed by atoms with E-state index in [0.717, 1.165) is 6.54 Å². The van der Waals surface area contributed by atoms with Crippen molar-refractivity contribution in [2.45, 2.75) is 26.0 Å². The van der Waals surface area contributed by atoms with Gasteiger partial charge in [0.25, 0.3) is 5.91 Å². The number of benzene rings is 2. The average Bonchev–Trinajstić information content (AvgIpc) is 2.78. The van der Waals surface area contributed by atoms with Gasteiger partial charge in [0.2, 0.25) is 0 Å². The van der Waals surface area contributed by atoms with Crippen molar-refractivity contribution < 1.29 is 23.5 Å². The van der Waals surface area contributed by atoms with Crippen molar-refractivity contribution in [1.29, 1.82) is 0 Å². The van der Waals surface area contributed by atoms with Crippen LogP contribution in [0.2, 0.25) is 0 Å². The Kier molecular flexibility index (Phi) is 8.24. The molecule has 33 heavy (non-hydrogen) atoms. The molecule has 0 unspecified atom stereocenters. The van der Waals surface area contributed by atoms with Crippen LogP contribution in [0, 0.1) is 11.7 Å². The molecule has 3 atom stereocenters. The fourth-order valence-electron chi connectivity index (χ4n) is 3.60. The molecule has 0 saturated carbocycles. The number of hydrogen-bond acceptors (Lipinski definition) is 5. The summed E-state index contributed by atoms with van der Waals surface area (Å²) in [5.74, 6) is -0.0781. The highest BCUT2D eigenvalue weighted by molar-refractivity contribution is 6.02. The number of methoxy groups -OCH3 is 1. The van der Waals surface area contributed by atoms with E-state index in [9.17, 15) is 14.0 Å². The van der Waals surface area contributed by atoms with Crippen molar-refractivity contribution in [3.8, 4) is 5.75 Å². The topological polar surface area (TPSA) is 91.9 Å². The highest BCUT2D eigenvalue weighted by Gasteiger charge is 2.25. The van der Waals surface area contributed by atoms with E-state index >= 15 is 0 Å². The average molecular weight is 459 g/mol. The van der Waals surface area contributed by atoms with Crippen molar-refractivity contribution in [2.75, 3.05) is 44.5 Å². The number of amides is 3. The molecule has 2 aromatic carbocycles. The van der Waals surface area contributed by atoms with Crippen LogP contribution in [-0.4, -0.2) is 62.8 Å². The maximum Gasteiger partial charge on any atom is 0.323 e. The van der Waals surface area contributed by atoms with Gasteiger partial charge < -0.3 is 30.3 Å². The van der Waals surface area contributed by atoms with E-state index in [-0.39, 0.29) is 24.0 Å². The first-order chi connectivity index (χ1) is 15.8. The number of nitrogens with zero attached hydrogens (tertiary/aromatic N) is 1. The maximum absolute atomic E-state index is 13.4. The number of urea groups is 1. The first kappa shape index (κ1) is 24.5. The van der Waals surface area contributed by atoms with E-state index in [1.165, 1.54) is 18.2 Å². The Morgan fingerprint density at radius 3 is 2.61 bits per heavy atom. The molecule has 1 aliphatic heterocycles. The molecule has 3 N–H and O–H groups in total. The largest absolute Gasteiger partial charge is 0.491 e. The van der Waals surface area contributed by atoms with Gasteiger partial charge in [-0.2, -0.15) is 0 Å². The number of nitrogens with one attached hydrogen (secondary N) is 3. The van der Waals surface area contributed by atoms with Crippen molar-refractivity contribution >= 4 is 23.3 Å². The van der Waals surface area contributed by atoms with Crippen molar-refractivity contribution in [2.24, 2.45) is 5.92 Å². The number of anilines is 2. The summed E-state index contributed by atoms with van der Waals surface area (Å²) in [4.78, 5) is 27.2. The van der Waals surface area contributed by atoms with Crippen molar-refractivity contribution in [1.82, 2.24) is 10.2 Å². The quantitative estimate of drug-likeness (QED) is 0.654. The Balaban J connectivity index is 1.82. The fourth-order valence-corrected chi connectivity index (χ4v) is 3.60. The van der Waals surface area contributed by atoms with Gasteiger partial charge in [0.1, 0.15) is 18.2 Å². The molecule has 0 saturated heterocycles. The summed E-state index contributed by atoms with van der Waals surface area (Å²) in [6.07, 6.45) is -0.138. The zero-order valence-electron chi connectivity index (χ0n) is 19.4. The zero-order valence-corrected chi connectivity index (χ0v) is 19.4. The molecule has 0 aliphatic carbocycles. The highest BCUT2D eigenvalue weighted by atomic mass is 19.1. The molecule has 1 heterocycles. The lowest BCUT2D eigenvalue weighted by Gasteiger charge is -2.30. The van der Waals surface area contributed by atoms with Gasteiger partial charge in [-0.25, -0.2) is 9.18 Å². The minimum absolute atomic E-state index is 0.0694. The second-order valence-electron chi connectivity index (χ2n) is 8.36. The third-order valence-electron chi connectivity index (χ3n) is 5.57.